The Balaban J connectivity index is 2.24. The fraction of sp³-hybridized carbons (Fsp3) is 0.643. The van der Waals surface area contributed by atoms with Gasteiger partial charge < -0.3 is 4.74 Å². The van der Waals surface area contributed by atoms with Crippen molar-refractivity contribution in [2.75, 3.05) is 7.11 Å². The lowest BCUT2D eigenvalue weighted by Crippen LogP contribution is -2.45. The number of carbonyl (C=O) groups is 1. The zero-order valence-corrected chi connectivity index (χ0v) is 12.7. The summed E-state index contributed by atoms with van der Waals surface area (Å²) in [7, 11) is 1.64. The maximum atomic E-state index is 12.6. The van der Waals surface area contributed by atoms with Crippen molar-refractivity contribution in [2.45, 2.75) is 45.1 Å². The Bertz CT molecular complexity index is 440. The first-order valence-electron chi connectivity index (χ1n) is 6.23. The van der Waals surface area contributed by atoms with Gasteiger partial charge in [-0.05, 0) is 42.5 Å². The largest absolute Gasteiger partial charge is 0.370 e. The monoisotopic (exact) mass is 286 g/mol. The highest BCUT2D eigenvalue weighted by molar-refractivity contribution is 7.12. The Morgan fingerprint density at radius 1 is 1.33 bits per heavy atom. The molecule has 0 bridgehead atoms. The maximum Gasteiger partial charge on any atom is 0.206 e. The molecule has 0 saturated heterocycles. The van der Waals surface area contributed by atoms with Crippen molar-refractivity contribution in [3.05, 3.63) is 21.3 Å². The predicted molar refractivity (Wildman–Crippen MR) is 75.6 cm³/mol. The summed E-state index contributed by atoms with van der Waals surface area (Å²) in [5.74, 6) is 0.0560. The number of hydrogen-bond acceptors (Lipinski definition) is 3. The molecule has 1 aromatic heterocycles. The first kappa shape index (κ1) is 14.0. The topological polar surface area (TPSA) is 26.3 Å². The average molecular weight is 287 g/mol. The van der Waals surface area contributed by atoms with E-state index in [1.54, 1.807) is 13.2 Å². The van der Waals surface area contributed by atoms with E-state index in [0.717, 1.165) is 25.7 Å². The van der Waals surface area contributed by atoms with Gasteiger partial charge in [-0.2, -0.15) is 0 Å². The second-order valence-electron chi connectivity index (χ2n) is 5.79. The zero-order valence-electron chi connectivity index (χ0n) is 11.1. The van der Waals surface area contributed by atoms with E-state index >= 15 is 0 Å². The molecule has 2 nitrogen and oxygen atoms in total. The van der Waals surface area contributed by atoms with Crippen molar-refractivity contribution < 1.29 is 9.53 Å². The Labute approximate surface area is 117 Å². The number of ketones is 1. The Hall–Kier alpha value is -0.380. The summed E-state index contributed by atoms with van der Waals surface area (Å²) in [5, 5.41) is 2.40. The summed E-state index contributed by atoms with van der Waals surface area (Å²) in [6, 6.07) is 1.77. The second kappa shape index (κ2) is 4.95. The van der Waals surface area contributed by atoms with Crippen LogP contribution in [0.4, 0.5) is 0 Å². The number of Topliss-reactive ketones (excluding diaryl/α,β-unsaturated/α-hetero) is 1. The molecular formula is C14H19ClO2S. The van der Waals surface area contributed by atoms with Crippen LogP contribution in [0.5, 0.6) is 0 Å². The molecule has 1 heterocycles. The molecule has 0 amide bonds. The van der Waals surface area contributed by atoms with Gasteiger partial charge in [-0.3, -0.25) is 4.79 Å². The van der Waals surface area contributed by atoms with E-state index in [2.05, 4.69) is 13.8 Å². The van der Waals surface area contributed by atoms with Crippen molar-refractivity contribution in [1.29, 1.82) is 0 Å². The van der Waals surface area contributed by atoms with Gasteiger partial charge in [-0.15, -0.1) is 11.3 Å². The highest BCUT2D eigenvalue weighted by Gasteiger charge is 2.45. The number of rotatable bonds is 3. The molecule has 1 saturated carbocycles. The van der Waals surface area contributed by atoms with Crippen LogP contribution in [0.25, 0.3) is 0 Å². The molecule has 4 heteroatoms. The minimum atomic E-state index is -0.663. The molecule has 0 spiro atoms. The van der Waals surface area contributed by atoms with Crippen LogP contribution < -0.4 is 0 Å². The van der Waals surface area contributed by atoms with Gasteiger partial charge in [0, 0.05) is 7.11 Å². The van der Waals surface area contributed by atoms with Gasteiger partial charge in [0.2, 0.25) is 5.78 Å². The standard InChI is InChI=1S/C14H19ClO2S/c1-13(2)5-7-14(17-3,8-6-13)12(16)11-10(15)4-9-18-11/h4,9H,5-8H2,1-3H3. The van der Waals surface area contributed by atoms with Crippen LogP contribution in [0.3, 0.4) is 0 Å². The maximum absolute atomic E-state index is 12.6. The summed E-state index contributed by atoms with van der Waals surface area (Å²) in [6.45, 7) is 4.49. The molecule has 100 valence electrons. The number of hydrogen-bond donors (Lipinski definition) is 0. The van der Waals surface area contributed by atoms with Crippen molar-refractivity contribution in [3.8, 4) is 0 Å². The summed E-state index contributed by atoms with van der Waals surface area (Å²) in [4.78, 5) is 13.3. The van der Waals surface area contributed by atoms with Gasteiger partial charge in [-0.25, -0.2) is 0 Å². The third-order valence-corrected chi connectivity index (χ3v) is 5.38. The highest BCUT2D eigenvalue weighted by Crippen LogP contribution is 2.44. The van der Waals surface area contributed by atoms with E-state index in [1.807, 2.05) is 5.38 Å². The number of methoxy groups -OCH3 is 1. The molecule has 18 heavy (non-hydrogen) atoms. The van der Waals surface area contributed by atoms with Gasteiger partial charge in [-0.1, -0.05) is 25.4 Å². The number of ether oxygens (including phenoxy) is 1. The molecule has 1 fully saturated rings. The molecule has 0 aliphatic heterocycles. The van der Waals surface area contributed by atoms with Crippen molar-refractivity contribution >= 4 is 28.7 Å². The zero-order chi connectivity index (χ0) is 13.4. The summed E-state index contributed by atoms with van der Waals surface area (Å²) >= 11 is 7.47. The smallest absolute Gasteiger partial charge is 0.206 e. The molecule has 2 rings (SSSR count). The molecule has 0 N–H and O–H groups in total. The molecule has 0 aromatic carbocycles. The van der Waals surface area contributed by atoms with Crippen LogP contribution in [-0.4, -0.2) is 18.5 Å². The summed E-state index contributed by atoms with van der Waals surface area (Å²) in [5.41, 5.74) is -0.356. The SMILES string of the molecule is COC1(C(=O)c2sccc2Cl)CCC(C)(C)CC1. The van der Waals surface area contributed by atoms with Gasteiger partial charge in [0.25, 0.3) is 0 Å². The van der Waals surface area contributed by atoms with E-state index in [0.29, 0.717) is 15.3 Å². The Kier molecular flexibility index (Phi) is 3.86. The Morgan fingerprint density at radius 2 is 1.94 bits per heavy atom. The van der Waals surface area contributed by atoms with E-state index < -0.39 is 5.60 Å². The van der Waals surface area contributed by atoms with Crippen LogP contribution in [-0.2, 0) is 4.74 Å². The lowest BCUT2D eigenvalue weighted by Gasteiger charge is -2.41. The van der Waals surface area contributed by atoms with Gasteiger partial charge in [0.15, 0.2) is 0 Å². The molecule has 0 atom stereocenters. The average Bonchev–Trinajstić information content (AvgIpc) is 2.75. The van der Waals surface area contributed by atoms with E-state index in [1.165, 1.54) is 11.3 Å². The highest BCUT2D eigenvalue weighted by atomic mass is 35.5. The van der Waals surface area contributed by atoms with Gasteiger partial charge in [0.05, 0.1) is 9.90 Å². The third kappa shape index (κ3) is 2.49. The second-order valence-corrected chi connectivity index (χ2v) is 7.11. The van der Waals surface area contributed by atoms with Gasteiger partial charge in [0.1, 0.15) is 5.60 Å². The summed E-state index contributed by atoms with van der Waals surface area (Å²) in [6.07, 6.45) is 3.58. The predicted octanol–water partition coefficient (Wildman–Crippen LogP) is 4.57. The van der Waals surface area contributed by atoms with Crippen molar-refractivity contribution in [3.63, 3.8) is 0 Å². The number of thiophene rings is 1. The van der Waals surface area contributed by atoms with Crippen LogP contribution in [0.15, 0.2) is 11.4 Å². The lowest BCUT2D eigenvalue weighted by atomic mass is 9.69. The van der Waals surface area contributed by atoms with E-state index in [-0.39, 0.29) is 5.78 Å². The summed E-state index contributed by atoms with van der Waals surface area (Å²) < 4.78 is 5.61. The third-order valence-electron chi connectivity index (χ3n) is 4.04. The first-order chi connectivity index (χ1) is 8.40. The fourth-order valence-corrected chi connectivity index (χ4v) is 3.69. The fourth-order valence-electron chi connectivity index (χ4n) is 2.52. The Morgan fingerprint density at radius 3 is 2.39 bits per heavy atom. The normalized spacial score (nSPS) is 21.8. The lowest BCUT2D eigenvalue weighted by molar-refractivity contribution is -0.0380. The van der Waals surface area contributed by atoms with Crippen molar-refractivity contribution in [1.82, 2.24) is 0 Å². The molecule has 0 unspecified atom stereocenters. The molecular weight excluding hydrogens is 268 g/mol. The minimum Gasteiger partial charge on any atom is -0.370 e. The molecule has 1 aliphatic carbocycles. The van der Waals surface area contributed by atoms with E-state index in [4.69, 9.17) is 16.3 Å². The molecule has 1 aliphatic rings. The van der Waals surface area contributed by atoms with Crippen LogP contribution in [0.2, 0.25) is 5.02 Å². The number of carbonyl (C=O) groups excluding carboxylic acids is 1. The van der Waals surface area contributed by atoms with Gasteiger partial charge >= 0.3 is 0 Å². The number of halogens is 1. The van der Waals surface area contributed by atoms with Crippen molar-refractivity contribution in [2.24, 2.45) is 5.41 Å². The molecule has 1 aromatic rings. The first-order valence-corrected chi connectivity index (χ1v) is 7.49. The van der Waals surface area contributed by atoms with Crippen LogP contribution in [0.1, 0.15) is 49.2 Å². The molecule has 0 radical (unpaired) electrons. The quantitative estimate of drug-likeness (QED) is 0.761. The van der Waals surface area contributed by atoms with Crippen LogP contribution in [0, 0.1) is 5.41 Å². The van der Waals surface area contributed by atoms with E-state index in [9.17, 15) is 4.79 Å². The minimum absolute atomic E-state index is 0.0560. The van der Waals surface area contributed by atoms with Crippen LogP contribution >= 0.6 is 22.9 Å².